The smallest absolute Gasteiger partial charge is 0.229 e. The first-order valence-corrected chi connectivity index (χ1v) is 4.92. The molecular weight excluding hydrogens is 166 g/mol. The average Bonchev–Trinajstić information content (AvgIpc) is 2.42. The van der Waals surface area contributed by atoms with E-state index < -0.39 is 0 Å². The summed E-state index contributed by atoms with van der Waals surface area (Å²) in [4.78, 5) is 22.1. The molecule has 1 aliphatic heterocycles. The van der Waals surface area contributed by atoms with Crippen LogP contribution in [-0.2, 0) is 9.59 Å². The largest absolute Gasteiger partial charge is 0.286 e. The summed E-state index contributed by atoms with van der Waals surface area (Å²) in [7, 11) is 1.51. The maximum Gasteiger partial charge on any atom is 0.229 e. The molecule has 0 aromatic heterocycles. The summed E-state index contributed by atoms with van der Waals surface area (Å²) >= 11 is 0. The number of amides is 2. The molecule has 13 heavy (non-hydrogen) atoms. The summed E-state index contributed by atoms with van der Waals surface area (Å²) in [5.74, 6) is -0.120. The van der Waals surface area contributed by atoms with E-state index in [1.54, 1.807) is 0 Å². The lowest BCUT2D eigenvalue weighted by Crippen LogP contribution is -2.23. The minimum atomic E-state index is -0.0602. The van der Waals surface area contributed by atoms with Crippen molar-refractivity contribution >= 4 is 11.8 Å². The Hall–Kier alpha value is -0.860. The molecule has 2 amide bonds. The topological polar surface area (TPSA) is 37.4 Å². The van der Waals surface area contributed by atoms with Gasteiger partial charge in [0.1, 0.15) is 0 Å². The molecule has 1 saturated heterocycles. The van der Waals surface area contributed by atoms with Crippen LogP contribution in [0.3, 0.4) is 0 Å². The van der Waals surface area contributed by atoms with E-state index in [1.165, 1.54) is 18.4 Å². The van der Waals surface area contributed by atoms with E-state index in [9.17, 15) is 9.59 Å². The van der Waals surface area contributed by atoms with Crippen LogP contribution >= 0.6 is 0 Å². The highest BCUT2D eigenvalue weighted by Gasteiger charge is 2.24. The van der Waals surface area contributed by atoms with Gasteiger partial charge in [0.15, 0.2) is 0 Å². The van der Waals surface area contributed by atoms with Crippen LogP contribution in [0.2, 0.25) is 0 Å². The third-order valence-corrected chi connectivity index (χ3v) is 1.30. The Bertz CT molecular complexity index is 139. The van der Waals surface area contributed by atoms with Gasteiger partial charge in [-0.1, -0.05) is 34.1 Å². The molecule has 0 N–H and O–H groups in total. The number of imide groups is 1. The third-order valence-electron chi connectivity index (χ3n) is 1.30. The van der Waals surface area contributed by atoms with Gasteiger partial charge in [-0.15, -0.1) is 0 Å². The van der Waals surface area contributed by atoms with E-state index in [0.29, 0.717) is 12.8 Å². The summed E-state index contributed by atoms with van der Waals surface area (Å²) in [6.07, 6.45) is 2.05. The Morgan fingerprint density at radius 2 is 1.31 bits per heavy atom. The van der Waals surface area contributed by atoms with Gasteiger partial charge < -0.3 is 0 Å². The molecule has 78 valence electrons. The van der Waals surface area contributed by atoms with E-state index >= 15 is 0 Å². The Balaban J connectivity index is 0. The Labute approximate surface area is 81.1 Å². The quantitative estimate of drug-likeness (QED) is 0.545. The third kappa shape index (κ3) is 6.31. The van der Waals surface area contributed by atoms with Gasteiger partial charge >= 0.3 is 0 Å². The molecule has 0 aromatic rings. The van der Waals surface area contributed by atoms with Gasteiger partial charge in [-0.2, -0.15) is 0 Å². The molecule has 0 aliphatic carbocycles. The first kappa shape index (κ1) is 14.7. The molecule has 0 aromatic carbocycles. The normalized spacial score (nSPS) is 14.4. The summed E-state index contributed by atoms with van der Waals surface area (Å²) in [5, 5.41) is 0. The van der Waals surface area contributed by atoms with Crippen molar-refractivity contribution in [2.24, 2.45) is 0 Å². The molecule has 3 heteroatoms. The van der Waals surface area contributed by atoms with Crippen molar-refractivity contribution < 1.29 is 9.59 Å². The second-order valence-corrected chi connectivity index (χ2v) is 2.55. The highest BCUT2D eigenvalue weighted by atomic mass is 16.2. The van der Waals surface area contributed by atoms with Crippen molar-refractivity contribution in [3.8, 4) is 0 Å². The van der Waals surface area contributed by atoms with Gasteiger partial charge in [0.2, 0.25) is 11.8 Å². The van der Waals surface area contributed by atoms with Crippen molar-refractivity contribution in [1.82, 2.24) is 4.90 Å². The minimum Gasteiger partial charge on any atom is -0.286 e. The zero-order valence-corrected chi connectivity index (χ0v) is 9.39. The Morgan fingerprint density at radius 1 is 1.08 bits per heavy atom. The van der Waals surface area contributed by atoms with Crippen LogP contribution in [0.25, 0.3) is 0 Å². The molecule has 0 bridgehead atoms. The second kappa shape index (κ2) is 9.23. The SMILES string of the molecule is CC.CCC.CN1C(=O)CCC1=O. The predicted octanol–water partition coefficient (Wildman–Crippen LogP) is 2.21. The molecule has 0 atom stereocenters. The van der Waals surface area contributed by atoms with Gasteiger partial charge in [0.25, 0.3) is 0 Å². The zero-order chi connectivity index (χ0) is 10.9. The maximum atomic E-state index is 10.5. The Morgan fingerprint density at radius 3 is 1.38 bits per heavy atom. The van der Waals surface area contributed by atoms with Crippen molar-refractivity contribution in [2.45, 2.75) is 47.0 Å². The molecular formula is C10H21NO2. The molecule has 0 radical (unpaired) electrons. The molecule has 1 aliphatic rings. The highest BCUT2D eigenvalue weighted by Crippen LogP contribution is 2.07. The number of carbonyl (C=O) groups excluding carboxylic acids is 2. The van der Waals surface area contributed by atoms with E-state index in [2.05, 4.69) is 13.8 Å². The van der Waals surface area contributed by atoms with Crippen LogP contribution < -0.4 is 0 Å². The van der Waals surface area contributed by atoms with Crippen LogP contribution in [0.1, 0.15) is 47.0 Å². The highest BCUT2D eigenvalue weighted by molar-refractivity contribution is 6.01. The molecule has 0 spiro atoms. The van der Waals surface area contributed by atoms with Gasteiger partial charge in [-0.05, 0) is 0 Å². The molecule has 1 heterocycles. The molecule has 1 rings (SSSR count). The lowest BCUT2D eigenvalue weighted by atomic mass is 10.4. The number of hydrogen-bond acceptors (Lipinski definition) is 2. The molecule has 3 nitrogen and oxygen atoms in total. The van der Waals surface area contributed by atoms with Gasteiger partial charge in [-0.25, -0.2) is 0 Å². The lowest BCUT2D eigenvalue weighted by molar-refractivity contribution is -0.136. The maximum absolute atomic E-state index is 10.5. The fraction of sp³-hybridized carbons (Fsp3) is 0.800. The fourth-order valence-corrected chi connectivity index (χ4v) is 0.688. The second-order valence-electron chi connectivity index (χ2n) is 2.55. The average molecular weight is 187 g/mol. The fourth-order valence-electron chi connectivity index (χ4n) is 0.688. The summed E-state index contributed by atoms with van der Waals surface area (Å²) in [5.41, 5.74) is 0. The van der Waals surface area contributed by atoms with Crippen LogP contribution in [0.4, 0.5) is 0 Å². The predicted molar refractivity (Wildman–Crippen MR) is 54.3 cm³/mol. The standard InChI is InChI=1S/C5H7NO2.C3H8.C2H6/c1-6-4(7)2-3-5(6)8;1-3-2;1-2/h2-3H2,1H3;3H2,1-2H3;1-2H3. The number of hydrogen-bond donors (Lipinski definition) is 0. The van der Waals surface area contributed by atoms with E-state index in [1.807, 2.05) is 13.8 Å². The lowest BCUT2D eigenvalue weighted by Gasteiger charge is -2.01. The van der Waals surface area contributed by atoms with E-state index in [0.717, 1.165) is 0 Å². The number of rotatable bonds is 0. The van der Waals surface area contributed by atoms with Crippen LogP contribution in [-0.4, -0.2) is 23.8 Å². The molecule has 0 saturated carbocycles. The van der Waals surface area contributed by atoms with Crippen molar-refractivity contribution in [1.29, 1.82) is 0 Å². The van der Waals surface area contributed by atoms with Gasteiger partial charge in [0, 0.05) is 19.9 Å². The van der Waals surface area contributed by atoms with E-state index in [4.69, 9.17) is 0 Å². The van der Waals surface area contributed by atoms with Crippen LogP contribution in [0.5, 0.6) is 0 Å². The van der Waals surface area contributed by atoms with Gasteiger partial charge in [0.05, 0.1) is 0 Å². The van der Waals surface area contributed by atoms with Crippen molar-refractivity contribution in [3.63, 3.8) is 0 Å². The van der Waals surface area contributed by atoms with Gasteiger partial charge in [-0.3, -0.25) is 14.5 Å². The monoisotopic (exact) mass is 187 g/mol. The van der Waals surface area contributed by atoms with E-state index in [-0.39, 0.29) is 11.8 Å². The first-order chi connectivity index (χ1) is 6.13. The first-order valence-electron chi connectivity index (χ1n) is 4.92. The van der Waals surface area contributed by atoms with Crippen molar-refractivity contribution in [2.75, 3.05) is 7.05 Å². The number of nitrogens with zero attached hydrogens (tertiary/aromatic N) is 1. The molecule has 1 fully saturated rings. The molecule has 0 unspecified atom stereocenters. The van der Waals surface area contributed by atoms with Crippen molar-refractivity contribution in [3.05, 3.63) is 0 Å². The number of carbonyl (C=O) groups is 2. The minimum absolute atomic E-state index is 0.0602. The summed E-state index contributed by atoms with van der Waals surface area (Å²) in [6, 6.07) is 0. The Kier molecular flexibility index (Phi) is 10.4. The summed E-state index contributed by atoms with van der Waals surface area (Å²) in [6.45, 7) is 8.25. The van der Waals surface area contributed by atoms with Crippen LogP contribution in [0.15, 0.2) is 0 Å². The van der Waals surface area contributed by atoms with Crippen LogP contribution in [0, 0.1) is 0 Å². The summed E-state index contributed by atoms with van der Waals surface area (Å²) < 4.78 is 0. The zero-order valence-electron chi connectivity index (χ0n) is 9.39. The number of likely N-dealkylation sites (tertiary alicyclic amines) is 1.